The Balaban J connectivity index is 2.72. The van der Waals surface area contributed by atoms with Crippen LogP contribution in [-0.4, -0.2) is 60.5 Å². The number of nitrogens with one attached hydrogen (secondary N) is 1. The van der Waals surface area contributed by atoms with E-state index >= 15 is 0 Å². The monoisotopic (exact) mass is 336 g/mol. The quantitative estimate of drug-likeness (QED) is 0.520. The zero-order valence-corrected chi connectivity index (χ0v) is 14.3. The largest absolute Gasteiger partial charge is 0.507 e. The van der Waals surface area contributed by atoms with Crippen LogP contribution in [0.25, 0.3) is 0 Å². The minimum atomic E-state index is -0.686. The van der Waals surface area contributed by atoms with Crippen molar-refractivity contribution in [3.63, 3.8) is 0 Å². The van der Waals surface area contributed by atoms with Crippen LogP contribution in [0.3, 0.4) is 0 Å². The van der Waals surface area contributed by atoms with Crippen LogP contribution in [0.2, 0.25) is 0 Å². The molecule has 0 fully saturated rings. The molecule has 0 bridgehead atoms. The molecule has 0 spiro atoms. The number of rotatable bonds is 9. The fourth-order valence-electron chi connectivity index (χ4n) is 2.06. The lowest BCUT2D eigenvalue weighted by atomic mass is 10.1. The summed E-state index contributed by atoms with van der Waals surface area (Å²) in [6, 6.07) is 3.94. The summed E-state index contributed by atoms with van der Waals surface area (Å²) in [5.74, 6) is -1.62. The molecule has 1 rings (SSSR count). The van der Waals surface area contributed by atoms with Crippen LogP contribution in [-0.2, 0) is 9.53 Å². The topological polar surface area (TPSA) is 95.9 Å². The maximum absolute atomic E-state index is 12.1. The first-order valence-electron chi connectivity index (χ1n) is 7.89. The third-order valence-electron chi connectivity index (χ3n) is 3.57. The first-order chi connectivity index (χ1) is 11.4. The van der Waals surface area contributed by atoms with Crippen molar-refractivity contribution in [3.05, 3.63) is 29.3 Å². The number of ether oxygens (including phenoxy) is 1. The standard InChI is InChI=1S/C17H24N2O5/c1-4-19(5-2)8-9-24-17(23)14-10-13(6-7-15(14)21)16(22)11-18-12(3)20/h6-7,10,21H,4-5,8-9,11H2,1-3H3,(H,18,20). The highest BCUT2D eigenvalue weighted by Crippen LogP contribution is 2.20. The highest BCUT2D eigenvalue weighted by Gasteiger charge is 2.16. The number of esters is 1. The van der Waals surface area contributed by atoms with E-state index in [1.807, 2.05) is 13.8 Å². The molecule has 0 aliphatic carbocycles. The number of nitrogens with zero attached hydrogens (tertiary/aromatic N) is 1. The Bertz CT molecular complexity index is 597. The number of phenols is 1. The number of hydrogen-bond donors (Lipinski definition) is 2. The van der Waals surface area contributed by atoms with Crippen molar-refractivity contribution in [2.45, 2.75) is 20.8 Å². The molecule has 0 radical (unpaired) electrons. The van der Waals surface area contributed by atoms with Crippen LogP contribution in [0.15, 0.2) is 18.2 Å². The van der Waals surface area contributed by atoms with Gasteiger partial charge in [-0.15, -0.1) is 0 Å². The molecule has 24 heavy (non-hydrogen) atoms. The second kappa shape index (κ2) is 9.67. The molecular formula is C17H24N2O5. The SMILES string of the molecule is CCN(CC)CCOC(=O)c1cc(C(=O)CNC(C)=O)ccc1O. The Kier molecular flexibility index (Phi) is 7.91. The van der Waals surface area contributed by atoms with Gasteiger partial charge >= 0.3 is 5.97 Å². The molecule has 7 nitrogen and oxygen atoms in total. The van der Waals surface area contributed by atoms with Gasteiger partial charge in [0.05, 0.1) is 6.54 Å². The van der Waals surface area contributed by atoms with Crippen molar-refractivity contribution < 1.29 is 24.2 Å². The molecule has 2 N–H and O–H groups in total. The highest BCUT2D eigenvalue weighted by atomic mass is 16.5. The van der Waals surface area contributed by atoms with E-state index in [1.54, 1.807) is 0 Å². The number of hydrogen-bond acceptors (Lipinski definition) is 6. The van der Waals surface area contributed by atoms with Crippen molar-refractivity contribution in [3.8, 4) is 5.75 Å². The number of aromatic hydroxyl groups is 1. The fraction of sp³-hybridized carbons (Fsp3) is 0.471. The third-order valence-corrected chi connectivity index (χ3v) is 3.57. The molecular weight excluding hydrogens is 312 g/mol. The summed E-state index contributed by atoms with van der Waals surface area (Å²) >= 11 is 0. The summed E-state index contributed by atoms with van der Waals surface area (Å²) < 4.78 is 5.15. The number of carbonyl (C=O) groups is 3. The number of carbonyl (C=O) groups excluding carboxylic acids is 3. The first kappa shape index (κ1) is 19.6. The van der Waals surface area contributed by atoms with E-state index in [-0.39, 0.29) is 41.7 Å². The molecule has 1 aromatic rings. The molecule has 1 aromatic carbocycles. The van der Waals surface area contributed by atoms with Crippen molar-refractivity contribution in [1.29, 1.82) is 0 Å². The van der Waals surface area contributed by atoms with Crippen molar-refractivity contribution >= 4 is 17.7 Å². The minimum absolute atomic E-state index is 0.0665. The van der Waals surface area contributed by atoms with Gasteiger partial charge in [-0.3, -0.25) is 9.59 Å². The summed E-state index contributed by atoms with van der Waals surface area (Å²) in [7, 11) is 0. The lowest BCUT2D eigenvalue weighted by Gasteiger charge is -2.17. The molecule has 132 valence electrons. The Morgan fingerprint density at radius 1 is 1.21 bits per heavy atom. The number of benzene rings is 1. The van der Waals surface area contributed by atoms with Crippen LogP contribution in [0.1, 0.15) is 41.5 Å². The minimum Gasteiger partial charge on any atom is -0.507 e. The maximum atomic E-state index is 12.1. The van der Waals surface area contributed by atoms with Crippen molar-refractivity contribution in [1.82, 2.24) is 10.2 Å². The van der Waals surface area contributed by atoms with Crippen LogP contribution >= 0.6 is 0 Å². The zero-order valence-electron chi connectivity index (χ0n) is 14.3. The maximum Gasteiger partial charge on any atom is 0.341 e. The van der Waals surface area contributed by atoms with E-state index in [9.17, 15) is 19.5 Å². The summed E-state index contributed by atoms with van der Waals surface area (Å²) in [5, 5.41) is 12.2. The number of phenolic OH excluding ortho intramolecular Hbond substituents is 1. The van der Waals surface area contributed by atoms with Crippen molar-refractivity contribution in [2.75, 3.05) is 32.8 Å². The molecule has 0 aliphatic rings. The van der Waals surface area contributed by atoms with Crippen LogP contribution in [0.5, 0.6) is 5.75 Å². The van der Waals surface area contributed by atoms with Gasteiger partial charge in [-0.2, -0.15) is 0 Å². The molecule has 0 heterocycles. The average Bonchev–Trinajstić information content (AvgIpc) is 2.56. The van der Waals surface area contributed by atoms with Gasteiger partial charge in [0.2, 0.25) is 5.91 Å². The Labute approximate surface area is 141 Å². The summed E-state index contributed by atoms with van der Waals surface area (Å²) in [5.41, 5.74) is 0.153. The molecule has 0 unspecified atom stereocenters. The van der Waals surface area contributed by atoms with Crippen LogP contribution < -0.4 is 5.32 Å². The van der Waals surface area contributed by atoms with E-state index in [4.69, 9.17) is 4.74 Å². The predicted octanol–water partition coefficient (Wildman–Crippen LogP) is 1.21. The van der Waals surface area contributed by atoms with Gasteiger partial charge in [0.1, 0.15) is 17.9 Å². The van der Waals surface area contributed by atoms with Crippen molar-refractivity contribution in [2.24, 2.45) is 0 Å². The molecule has 0 aliphatic heterocycles. The van der Waals surface area contributed by atoms with Gasteiger partial charge in [-0.05, 0) is 31.3 Å². The van der Waals surface area contributed by atoms with Gasteiger partial charge in [0.15, 0.2) is 5.78 Å². The second-order valence-electron chi connectivity index (χ2n) is 5.23. The van der Waals surface area contributed by atoms with Gasteiger partial charge in [-0.1, -0.05) is 13.8 Å². The van der Waals surface area contributed by atoms with Gasteiger partial charge < -0.3 is 20.1 Å². The van der Waals surface area contributed by atoms with E-state index in [0.29, 0.717) is 6.54 Å². The summed E-state index contributed by atoms with van der Waals surface area (Å²) in [6.07, 6.45) is 0. The Hall–Kier alpha value is -2.41. The molecule has 7 heteroatoms. The molecule has 1 amide bonds. The highest BCUT2D eigenvalue weighted by molar-refractivity contribution is 6.02. The normalized spacial score (nSPS) is 10.5. The Morgan fingerprint density at radius 3 is 2.46 bits per heavy atom. The van der Waals surface area contributed by atoms with Gasteiger partial charge in [0, 0.05) is 19.0 Å². The number of likely N-dealkylation sites (N-methyl/N-ethyl adjacent to an activating group) is 1. The summed E-state index contributed by atoms with van der Waals surface area (Å²) in [4.78, 5) is 37.0. The molecule has 0 saturated heterocycles. The lowest BCUT2D eigenvalue weighted by molar-refractivity contribution is -0.118. The number of amides is 1. The number of ketones is 1. The third kappa shape index (κ3) is 6.00. The van der Waals surface area contributed by atoms with Crippen LogP contribution in [0, 0.1) is 0 Å². The second-order valence-corrected chi connectivity index (χ2v) is 5.23. The molecule has 0 atom stereocenters. The average molecular weight is 336 g/mol. The smallest absolute Gasteiger partial charge is 0.341 e. The molecule has 0 saturated carbocycles. The lowest BCUT2D eigenvalue weighted by Crippen LogP contribution is -2.28. The van der Waals surface area contributed by atoms with E-state index in [2.05, 4.69) is 10.2 Å². The van der Waals surface area contributed by atoms with Gasteiger partial charge in [-0.25, -0.2) is 4.79 Å². The van der Waals surface area contributed by atoms with E-state index < -0.39 is 5.97 Å². The predicted molar refractivity (Wildman–Crippen MR) is 89.2 cm³/mol. The van der Waals surface area contributed by atoms with Gasteiger partial charge in [0.25, 0.3) is 0 Å². The Morgan fingerprint density at radius 2 is 1.88 bits per heavy atom. The summed E-state index contributed by atoms with van der Waals surface area (Å²) in [6.45, 7) is 7.67. The van der Waals surface area contributed by atoms with Crippen LogP contribution in [0.4, 0.5) is 0 Å². The van der Waals surface area contributed by atoms with E-state index in [0.717, 1.165) is 13.1 Å². The first-order valence-corrected chi connectivity index (χ1v) is 7.89. The van der Waals surface area contributed by atoms with E-state index in [1.165, 1.54) is 25.1 Å². The molecule has 0 aromatic heterocycles. The zero-order chi connectivity index (χ0) is 18.1. The fourth-order valence-corrected chi connectivity index (χ4v) is 2.06. The number of Topliss-reactive ketones (excluding diaryl/α,β-unsaturated/α-hetero) is 1.